The maximum atomic E-state index is 13.1. The predicted octanol–water partition coefficient (Wildman–Crippen LogP) is 4.96. The summed E-state index contributed by atoms with van der Waals surface area (Å²) in [4.78, 5) is 37.0. The molecular weight excluding hydrogens is 478 g/mol. The molecule has 180 valence electrons. The fourth-order valence-corrected chi connectivity index (χ4v) is 4.96. The fraction of sp³-hybridized carbons (Fsp3) is 0.0357. The molecule has 0 heterocycles. The van der Waals surface area contributed by atoms with Crippen molar-refractivity contribution in [3.05, 3.63) is 120 Å². The number of carboxylic acids is 1. The number of ketones is 1. The first-order valence-corrected chi connectivity index (χ1v) is 12.6. The highest BCUT2D eigenvalue weighted by Gasteiger charge is 2.21. The molecule has 0 unspecified atom stereocenters. The Hall–Kier alpha value is -4.56. The number of Topliss-reactive ketones (excluding diaryl/α,β-unsaturated/α-hetero) is 1. The number of nitrogens with one attached hydrogen (secondary N) is 1. The third-order valence-electron chi connectivity index (χ3n) is 5.51. The normalized spacial score (nSPS) is 11.0. The first kappa shape index (κ1) is 24.6. The van der Waals surface area contributed by atoms with Crippen LogP contribution in [-0.2, 0) is 9.84 Å². The third-order valence-corrected chi connectivity index (χ3v) is 7.14. The van der Waals surface area contributed by atoms with Gasteiger partial charge in [0.2, 0.25) is 0 Å². The Labute approximate surface area is 208 Å². The van der Waals surface area contributed by atoms with Gasteiger partial charge in [0.05, 0.1) is 10.5 Å². The summed E-state index contributed by atoms with van der Waals surface area (Å²) in [6.45, 7) is 0. The lowest BCUT2D eigenvalue weighted by Gasteiger charge is -2.13. The van der Waals surface area contributed by atoms with Crippen molar-refractivity contribution in [2.24, 2.45) is 0 Å². The van der Waals surface area contributed by atoms with Gasteiger partial charge in [0.25, 0.3) is 5.91 Å². The minimum Gasteiger partial charge on any atom is -0.478 e. The van der Waals surface area contributed by atoms with Gasteiger partial charge in [0.1, 0.15) is 5.75 Å². The van der Waals surface area contributed by atoms with E-state index in [9.17, 15) is 27.9 Å². The number of amides is 1. The quantitative estimate of drug-likeness (QED) is 0.331. The van der Waals surface area contributed by atoms with E-state index in [0.29, 0.717) is 22.4 Å². The summed E-state index contributed by atoms with van der Waals surface area (Å²) in [6, 6.07) is 26.7. The molecule has 0 saturated carbocycles. The number of benzene rings is 4. The van der Waals surface area contributed by atoms with Gasteiger partial charge >= 0.3 is 5.97 Å². The van der Waals surface area contributed by atoms with Gasteiger partial charge in [-0.25, -0.2) is 13.2 Å². The minimum absolute atomic E-state index is 0.0411. The van der Waals surface area contributed by atoms with Crippen molar-refractivity contribution in [2.45, 2.75) is 4.90 Å². The molecule has 0 fully saturated rings. The summed E-state index contributed by atoms with van der Waals surface area (Å²) < 4.78 is 25.4. The first-order chi connectivity index (χ1) is 17.3. The molecule has 0 atom stereocenters. The van der Waals surface area contributed by atoms with Crippen molar-refractivity contribution in [2.75, 3.05) is 11.1 Å². The summed E-state index contributed by atoms with van der Waals surface area (Å²) in [5.41, 5.74) is 1.84. The van der Waals surface area contributed by atoms with Crippen molar-refractivity contribution in [3.8, 4) is 11.1 Å². The lowest BCUT2D eigenvalue weighted by Crippen LogP contribution is -2.17. The van der Waals surface area contributed by atoms with Crippen molar-refractivity contribution < 1.29 is 27.9 Å². The van der Waals surface area contributed by atoms with Gasteiger partial charge in [0.15, 0.2) is 15.6 Å². The van der Waals surface area contributed by atoms with E-state index in [0.717, 1.165) is 0 Å². The molecule has 0 aliphatic rings. The van der Waals surface area contributed by atoms with Gasteiger partial charge in [-0.3, -0.25) is 9.59 Å². The molecule has 4 rings (SSSR count). The molecule has 2 N–H and O–H groups in total. The van der Waals surface area contributed by atoms with E-state index in [-0.39, 0.29) is 16.0 Å². The molecule has 0 bridgehead atoms. The van der Waals surface area contributed by atoms with Crippen molar-refractivity contribution in [3.63, 3.8) is 0 Å². The number of aromatic carboxylic acids is 1. The zero-order valence-electron chi connectivity index (χ0n) is 18.9. The van der Waals surface area contributed by atoms with E-state index in [4.69, 9.17) is 0 Å². The molecule has 36 heavy (non-hydrogen) atoms. The molecule has 0 aliphatic carbocycles. The summed E-state index contributed by atoms with van der Waals surface area (Å²) in [5.74, 6) is -2.77. The van der Waals surface area contributed by atoms with Crippen LogP contribution in [0.4, 0.5) is 5.69 Å². The number of sulfone groups is 1. The molecule has 4 aromatic rings. The highest BCUT2D eigenvalue weighted by Crippen LogP contribution is 2.28. The van der Waals surface area contributed by atoms with E-state index in [2.05, 4.69) is 5.32 Å². The van der Waals surface area contributed by atoms with Crippen LogP contribution in [-0.4, -0.2) is 36.9 Å². The van der Waals surface area contributed by atoms with Crippen LogP contribution in [0, 0.1) is 0 Å². The molecular formula is C28H21NO6S. The lowest BCUT2D eigenvalue weighted by atomic mass is 9.95. The molecule has 0 aromatic heterocycles. The van der Waals surface area contributed by atoms with Crippen LogP contribution in [0.5, 0.6) is 0 Å². The van der Waals surface area contributed by atoms with E-state index >= 15 is 0 Å². The molecule has 8 heteroatoms. The third kappa shape index (κ3) is 5.39. The number of rotatable bonds is 8. The number of hydrogen-bond acceptors (Lipinski definition) is 5. The maximum Gasteiger partial charge on any atom is 0.336 e. The van der Waals surface area contributed by atoms with Gasteiger partial charge in [-0.2, -0.15) is 0 Å². The fourth-order valence-electron chi connectivity index (χ4n) is 3.73. The molecule has 1 amide bonds. The van der Waals surface area contributed by atoms with Crippen molar-refractivity contribution >= 4 is 33.2 Å². The standard InChI is InChI=1S/C28H21NO6S/c30-26(19-8-2-1-3-9-19)18-36(34,35)21-16-14-20(15-17-21)29-27(31)24-12-6-4-10-22(24)23-11-5-7-13-25(23)28(32)33/h1-17H,18H2,(H,29,31)(H,32,33). The molecule has 0 radical (unpaired) electrons. The minimum atomic E-state index is -3.88. The van der Waals surface area contributed by atoms with Crippen LogP contribution in [0.1, 0.15) is 31.1 Å². The van der Waals surface area contributed by atoms with Crippen molar-refractivity contribution in [1.29, 1.82) is 0 Å². The largest absolute Gasteiger partial charge is 0.478 e. The Kier molecular flexibility index (Phi) is 7.07. The molecule has 7 nitrogen and oxygen atoms in total. The number of anilines is 1. The second-order valence-corrected chi connectivity index (χ2v) is 9.91. The Morgan fingerprint density at radius 2 is 1.19 bits per heavy atom. The Balaban J connectivity index is 1.54. The molecule has 0 spiro atoms. The van der Waals surface area contributed by atoms with Gasteiger partial charge in [-0.1, -0.05) is 66.7 Å². The zero-order valence-corrected chi connectivity index (χ0v) is 19.7. The van der Waals surface area contributed by atoms with Crippen LogP contribution in [0.15, 0.2) is 108 Å². The Morgan fingerprint density at radius 1 is 0.667 bits per heavy atom. The van der Waals surface area contributed by atoms with Gasteiger partial charge in [-0.05, 0) is 47.5 Å². The van der Waals surface area contributed by atoms with Crippen LogP contribution >= 0.6 is 0 Å². The van der Waals surface area contributed by atoms with Gasteiger partial charge in [-0.15, -0.1) is 0 Å². The number of carboxylic acid groups (broad SMARTS) is 1. The summed E-state index contributed by atoms with van der Waals surface area (Å²) >= 11 is 0. The summed E-state index contributed by atoms with van der Waals surface area (Å²) in [6.07, 6.45) is 0. The van der Waals surface area contributed by atoms with Crippen LogP contribution < -0.4 is 5.32 Å². The first-order valence-electron chi connectivity index (χ1n) is 10.9. The molecule has 4 aromatic carbocycles. The number of carbonyl (C=O) groups is 3. The van der Waals surface area contributed by atoms with Crippen LogP contribution in [0.2, 0.25) is 0 Å². The molecule has 0 saturated heterocycles. The second kappa shape index (κ2) is 10.4. The predicted molar refractivity (Wildman–Crippen MR) is 136 cm³/mol. The Morgan fingerprint density at radius 3 is 1.81 bits per heavy atom. The maximum absolute atomic E-state index is 13.1. The lowest BCUT2D eigenvalue weighted by molar-refractivity contribution is 0.0697. The zero-order chi connectivity index (χ0) is 25.7. The smallest absolute Gasteiger partial charge is 0.336 e. The van der Waals surface area contributed by atoms with Crippen LogP contribution in [0.3, 0.4) is 0 Å². The van der Waals surface area contributed by atoms with E-state index in [1.165, 1.54) is 30.3 Å². The van der Waals surface area contributed by atoms with Gasteiger partial charge < -0.3 is 10.4 Å². The van der Waals surface area contributed by atoms with Crippen LogP contribution in [0.25, 0.3) is 11.1 Å². The van der Waals surface area contributed by atoms with Crippen molar-refractivity contribution in [1.82, 2.24) is 0 Å². The summed E-state index contributed by atoms with van der Waals surface area (Å²) in [7, 11) is -3.88. The van der Waals surface area contributed by atoms with Gasteiger partial charge in [0, 0.05) is 16.8 Å². The van der Waals surface area contributed by atoms with E-state index in [1.807, 2.05) is 0 Å². The highest BCUT2D eigenvalue weighted by atomic mass is 32.2. The summed E-state index contributed by atoms with van der Waals surface area (Å²) in [5, 5.41) is 12.2. The topological polar surface area (TPSA) is 118 Å². The second-order valence-electron chi connectivity index (χ2n) is 7.92. The highest BCUT2D eigenvalue weighted by molar-refractivity contribution is 7.92. The average molecular weight is 500 g/mol. The molecule has 0 aliphatic heterocycles. The number of hydrogen-bond donors (Lipinski definition) is 2. The van der Waals surface area contributed by atoms with E-state index < -0.39 is 33.2 Å². The Bertz CT molecular complexity index is 1540. The van der Waals surface area contributed by atoms with E-state index in [1.54, 1.807) is 72.8 Å². The average Bonchev–Trinajstić information content (AvgIpc) is 2.89. The number of carbonyl (C=O) groups excluding carboxylic acids is 2. The SMILES string of the molecule is O=C(CS(=O)(=O)c1ccc(NC(=O)c2ccccc2-c2ccccc2C(=O)O)cc1)c1ccccc1. The monoisotopic (exact) mass is 499 g/mol.